The van der Waals surface area contributed by atoms with Gasteiger partial charge in [-0.15, -0.1) is 0 Å². The molecule has 0 amide bonds. The number of ether oxygens (including phenoxy) is 1. The predicted octanol–water partition coefficient (Wildman–Crippen LogP) is 4.93. The molecule has 0 fully saturated rings. The number of benzene rings is 2. The predicted molar refractivity (Wildman–Crippen MR) is 89.4 cm³/mol. The SMILES string of the molecule is CC(C)(C)c1ccc(Oc2ccc(CCN)cc2Cl)cc1. The summed E-state index contributed by atoms with van der Waals surface area (Å²) in [5.41, 5.74) is 8.09. The summed E-state index contributed by atoms with van der Waals surface area (Å²) in [4.78, 5) is 0. The highest BCUT2D eigenvalue weighted by Crippen LogP contribution is 2.31. The van der Waals surface area contributed by atoms with Gasteiger partial charge in [0.2, 0.25) is 0 Å². The zero-order chi connectivity index (χ0) is 15.5. The van der Waals surface area contributed by atoms with Crippen LogP contribution in [0.2, 0.25) is 5.02 Å². The molecule has 0 spiro atoms. The molecule has 0 saturated heterocycles. The Morgan fingerprint density at radius 2 is 1.71 bits per heavy atom. The zero-order valence-electron chi connectivity index (χ0n) is 12.8. The van der Waals surface area contributed by atoms with Gasteiger partial charge < -0.3 is 10.5 Å². The monoisotopic (exact) mass is 303 g/mol. The molecule has 2 rings (SSSR count). The number of nitrogens with two attached hydrogens (primary N) is 1. The van der Waals surface area contributed by atoms with Crippen molar-refractivity contribution in [2.75, 3.05) is 6.54 Å². The fourth-order valence-electron chi connectivity index (χ4n) is 2.10. The molecule has 2 aromatic rings. The standard InChI is InChI=1S/C18H22ClNO/c1-18(2,3)14-5-7-15(8-6-14)21-17-9-4-13(10-11-20)12-16(17)19/h4-9,12H,10-11,20H2,1-3H3. The lowest BCUT2D eigenvalue weighted by Crippen LogP contribution is -2.10. The molecule has 0 aliphatic heterocycles. The van der Waals surface area contributed by atoms with E-state index in [1.54, 1.807) is 0 Å². The van der Waals surface area contributed by atoms with Crippen LogP contribution in [0.25, 0.3) is 0 Å². The molecular weight excluding hydrogens is 282 g/mol. The van der Waals surface area contributed by atoms with E-state index in [2.05, 4.69) is 32.9 Å². The number of rotatable bonds is 4. The molecule has 2 aromatic carbocycles. The smallest absolute Gasteiger partial charge is 0.146 e. The van der Waals surface area contributed by atoms with Gasteiger partial charge in [-0.1, -0.05) is 50.6 Å². The van der Waals surface area contributed by atoms with Gasteiger partial charge in [0.05, 0.1) is 5.02 Å². The summed E-state index contributed by atoms with van der Waals surface area (Å²) in [6.07, 6.45) is 0.820. The molecule has 2 nitrogen and oxygen atoms in total. The lowest BCUT2D eigenvalue weighted by molar-refractivity contribution is 0.481. The van der Waals surface area contributed by atoms with Crippen LogP contribution >= 0.6 is 11.6 Å². The van der Waals surface area contributed by atoms with E-state index in [0.29, 0.717) is 17.3 Å². The minimum atomic E-state index is 0.139. The Hall–Kier alpha value is -1.51. The first-order chi connectivity index (χ1) is 9.90. The van der Waals surface area contributed by atoms with Crippen molar-refractivity contribution in [2.24, 2.45) is 5.73 Å². The van der Waals surface area contributed by atoms with E-state index in [1.807, 2.05) is 30.3 Å². The van der Waals surface area contributed by atoms with Crippen molar-refractivity contribution in [3.05, 3.63) is 58.6 Å². The van der Waals surface area contributed by atoms with E-state index in [0.717, 1.165) is 17.7 Å². The average Bonchev–Trinajstić information content (AvgIpc) is 2.42. The van der Waals surface area contributed by atoms with Crippen LogP contribution in [0.4, 0.5) is 0 Å². The molecular formula is C18H22ClNO. The molecule has 0 unspecified atom stereocenters. The Morgan fingerprint density at radius 1 is 1.05 bits per heavy atom. The van der Waals surface area contributed by atoms with Crippen LogP contribution in [0.1, 0.15) is 31.9 Å². The van der Waals surface area contributed by atoms with Crippen LogP contribution in [0, 0.1) is 0 Å². The summed E-state index contributed by atoms with van der Waals surface area (Å²) >= 11 is 6.25. The van der Waals surface area contributed by atoms with E-state index in [-0.39, 0.29) is 5.41 Å². The maximum absolute atomic E-state index is 6.25. The van der Waals surface area contributed by atoms with E-state index >= 15 is 0 Å². The van der Waals surface area contributed by atoms with Crippen LogP contribution in [-0.2, 0) is 11.8 Å². The molecule has 112 valence electrons. The summed E-state index contributed by atoms with van der Waals surface area (Å²) in [6, 6.07) is 13.9. The van der Waals surface area contributed by atoms with Crippen molar-refractivity contribution in [3.8, 4) is 11.5 Å². The molecule has 0 saturated carbocycles. The van der Waals surface area contributed by atoms with Gasteiger partial charge in [0.25, 0.3) is 0 Å². The van der Waals surface area contributed by atoms with E-state index in [9.17, 15) is 0 Å². The topological polar surface area (TPSA) is 35.2 Å². The second kappa shape index (κ2) is 6.50. The Labute approximate surface area is 131 Å². The average molecular weight is 304 g/mol. The maximum atomic E-state index is 6.25. The summed E-state index contributed by atoms with van der Waals surface area (Å²) in [6.45, 7) is 7.19. The lowest BCUT2D eigenvalue weighted by atomic mass is 9.87. The van der Waals surface area contributed by atoms with Crippen LogP contribution in [-0.4, -0.2) is 6.54 Å². The molecule has 0 aliphatic rings. The van der Waals surface area contributed by atoms with Gasteiger partial charge in [0, 0.05) is 0 Å². The summed E-state index contributed by atoms with van der Waals surface area (Å²) in [5, 5.41) is 0.612. The van der Waals surface area contributed by atoms with Gasteiger partial charge in [-0.25, -0.2) is 0 Å². The quantitative estimate of drug-likeness (QED) is 0.869. The first-order valence-corrected chi connectivity index (χ1v) is 7.55. The second-order valence-electron chi connectivity index (χ2n) is 6.18. The third-order valence-electron chi connectivity index (χ3n) is 3.38. The van der Waals surface area contributed by atoms with Gasteiger partial charge in [0.15, 0.2) is 0 Å². The Kier molecular flexibility index (Phi) is 4.92. The Balaban J connectivity index is 2.15. The van der Waals surface area contributed by atoms with Gasteiger partial charge in [-0.05, 0) is 53.8 Å². The fraction of sp³-hybridized carbons (Fsp3) is 0.333. The minimum Gasteiger partial charge on any atom is -0.456 e. The summed E-state index contributed by atoms with van der Waals surface area (Å²) < 4.78 is 5.85. The lowest BCUT2D eigenvalue weighted by Gasteiger charge is -2.19. The largest absolute Gasteiger partial charge is 0.456 e. The molecule has 0 atom stereocenters. The van der Waals surface area contributed by atoms with Crippen molar-refractivity contribution in [3.63, 3.8) is 0 Å². The van der Waals surface area contributed by atoms with Crippen LogP contribution in [0.5, 0.6) is 11.5 Å². The molecule has 0 heterocycles. The Morgan fingerprint density at radius 3 is 2.24 bits per heavy atom. The zero-order valence-corrected chi connectivity index (χ0v) is 13.6. The third kappa shape index (κ3) is 4.23. The molecule has 0 radical (unpaired) electrons. The van der Waals surface area contributed by atoms with Crippen molar-refractivity contribution in [2.45, 2.75) is 32.6 Å². The summed E-state index contributed by atoms with van der Waals surface area (Å²) in [5.74, 6) is 1.46. The molecule has 3 heteroatoms. The van der Waals surface area contributed by atoms with Gasteiger partial charge in [-0.3, -0.25) is 0 Å². The number of halogens is 1. The fourth-order valence-corrected chi connectivity index (χ4v) is 2.34. The first kappa shape index (κ1) is 15.9. The highest BCUT2D eigenvalue weighted by molar-refractivity contribution is 6.32. The second-order valence-corrected chi connectivity index (χ2v) is 6.59. The van der Waals surface area contributed by atoms with Crippen molar-refractivity contribution in [1.82, 2.24) is 0 Å². The highest BCUT2D eigenvalue weighted by Gasteiger charge is 2.13. The van der Waals surface area contributed by atoms with Crippen LogP contribution < -0.4 is 10.5 Å². The number of hydrogen-bond acceptors (Lipinski definition) is 2. The van der Waals surface area contributed by atoms with Gasteiger partial charge in [0.1, 0.15) is 11.5 Å². The molecule has 0 aliphatic carbocycles. The maximum Gasteiger partial charge on any atom is 0.146 e. The number of hydrogen-bond donors (Lipinski definition) is 1. The Bertz CT molecular complexity index is 600. The van der Waals surface area contributed by atoms with Crippen molar-refractivity contribution >= 4 is 11.6 Å². The molecule has 2 N–H and O–H groups in total. The van der Waals surface area contributed by atoms with Crippen LogP contribution in [0.3, 0.4) is 0 Å². The summed E-state index contributed by atoms with van der Waals surface area (Å²) in [7, 11) is 0. The first-order valence-electron chi connectivity index (χ1n) is 7.17. The van der Waals surface area contributed by atoms with E-state index in [4.69, 9.17) is 22.1 Å². The molecule has 0 aromatic heterocycles. The third-order valence-corrected chi connectivity index (χ3v) is 3.67. The van der Waals surface area contributed by atoms with Gasteiger partial charge >= 0.3 is 0 Å². The van der Waals surface area contributed by atoms with Crippen molar-refractivity contribution in [1.29, 1.82) is 0 Å². The van der Waals surface area contributed by atoms with E-state index < -0.39 is 0 Å². The van der Waals surface area contributed by atoms with Crippen molar-refractivity contribution < 1.29 is 4.74 Å². The van der Waals surface area contributed by atoms with Gasteiger partial charge in [-0.2, -0.15) is 0 Å². The molecule has 21 heavy (non-hydrogen) atoms. The normalized spacial score (nSPS) is 11.5. The van der Waals surface area contributed by atoms with Crippen LogP contribution in [0.15, 0.2) is 42.5 Å². The molecule has 0 bridgehead atoms. The van der Waals surface area contributed by atoms with E-state index in [1.165, 1.54) is 5.56 Å². The minimum absolute atomic E-state index is 0.139. The highest BCUT2D eigenvalue weighted by atomic mass is 35.5.